The summed E-state index contributed by atoms with van der Waals surface area (Å²) in [5.41, 5.74) is 2.97. The molecule has 1 amide bonds. The van der Waals surface area contributed by atoms with Crippen molar-refractivity contribution in [3.05, 3.63) is 23.8 Å². The lowest BCUT2D eigenvalue weighted by molar-refractivity contribution is -0.117. The first kappa shape index (κ1) is 12.6. The van der Waals surface area contributed by atoms with Crippen LogP contribution in [0.4, 0.5) is 11.4 Å². The molecular weight excluding hydrogens is 262 g/mol. The topological polar surface area (TPSA) is 61.4 Å². The number of carbonyl (C=O) groups is 1. The molecule has 5 nitrogen and oxygen atoms in total. The molecule has 1 saturated heterocycles. The Bertz CT molecular complexity index is 537. The minimum absolute atomic E-state index is 0.00519. The van der Waals surface area contributed by atoms with Gasteiger partial charge in [0.2, 0.25) is 5.91 Å². The summed E-state index contributed by atoms with van der Waals surface area (Å²) in [7, 11) is 1.12. The summed E-state index contributed by atoms with van der Waals surface area (Å²) in [5.74, 6) is 1.44. The van der Waals surface area contributed by atoms with E-state index in [1.54, 1.807) is 7.05 Å². The zero-order valence-electron chi connectivity index (χ0n) is 10.8. The lowest BCUT2D eigenvalue weighted by Gasteiger charge is -2.28. The number of amides is 1. The van der Waals surface area contributed by atoms with Gasteiger partial charge in [-0.25, -0.2) is 0 Å². The Kier molecular flexibility index (Phi) is 3.28. The predicted molar refractivity (Wildman–Crippen MR) is 77.0 cm³/mol. The molecule has 3 rings (SSSR count). The van der Waals surface area contributed by atoms with Gasteiger partial charge in [0.25, 0.3) is 0 Å². The molecule has 2 N–H and O–H groups in total. The van der Waals surface area contributed by atoms with Crippen LogP contribution in [0, 0.1) is 0 Å². The minimum Gasteiger partial charge on any atom is -0.370 e. The van der Waals surface area contributed by atoms with Gasteiger partial charge >= 0.3 is 0 Å². The molecule has 1 atom stereocenters. The highest BCUT2D eigenvalue weighted by Gasteiger charge is 2.29. The van der Waals surface area contributed by atoms with Crippen LogP contribution in [0.15, 0.2) is 18.2 Å². The maximum absolute atomic E-state index is 11.8. The van der Waals surface area contributed by atoms with E-state index in [2.05, 4.69) is 15.5 Å². The monoisotopic (exact) mass is 279 g/mol. The molecule has 0 bridgehead atoms. The number of fused-ring (bicyclic) bond motifs is 1. The molecule has 0 saturated carbocycles. The Morgan fingerprint density at radius 2 is 2.11 bits per heavy atom. The molecule has 0 radical (unpaired) electrons. The number of hydrogen-bond donors (Lipinski definition) is 2. The highest BCUT2D eigenvalue weighted by atomic mass is 32.2. The number of hydrogen-bond acceptors (Lipinski definition) is 4. The van der Waals surface area contributed by atoms with Gasteiger partial charge in [-0.2, -0.15) is 0 Å². The SMILES string of the molecule is CNC1C(=O)Nc2cc(N3CCS(=O)CC3)ccc21. The summed E-state index contributed by atoms with van der Waals surface area (Å²) in [6.07, 6.45) is 0. The number of nitrogens with one attached hydrogen (secondary N) is 2. The second-order valence-corrected chi connectivity index (χ2v) is 6.51. The van der Waals surface area contributed by atoms with Gasteiger partial charge in [0, 0.05) is 52.3 Å². The quantitative estimate of drug-likeness (QED) is 0.826. The fourth-order valence-corrected chi connectivity index (χ4v) is 3.68. The number of likely N-dealkylation sites (N-methyl/N-ethyl adjacent to an activating group) is 1. The molecule has 19 heavy (non-hydrogen) atoms. The van der Waals surface area contributed by atoms with E-state index < -0.39 is 10.8 Å². The molecule has 2 heterocycles. The van der Waals surface area contributed by atoms with Gasteiger partial charge in [-0.1, -0.05) is 6.07 Å². The Morgan fingerprint density at radius 1 is 1.37 bits per heavy atom. The molecule has 0 aliphatic carbocycles. The van der Waals surface area contributed by atoms with Crippen molar-refractivity contribution in [1.82, 2.24) is 5.32 Å². The molecule has 2 aliphatic heterocycles. The lowest BCUT2D eigenvalue weighted by Crippen LogP contribution is -2.37. The van der Waals surface area contributed by atoms with Crippen molar-refractivity contribution in [3.8, 4) is 0 Å². The number of nitrogens with zero attached hydrogens (tertiary/aromatic N) is 1. The number of carbonyl (C=O) groups excluding carboxylic acids is 1. The molecule has 2 aliphatic rings. The summed E-state index contributed by atoms with van der Waals surface area (Å²) in [6.45, 7) is 1.63. The third-order valence-electron chi connectivity index (χ3n) is 3.70. The van der Waals surface area contributed by atoms with Gasteiger partial charge in [0.05, 0.1) is 0 Å². The van der Waals surface area contributed by atoms with Crippen molar-refractivity contribution in [3.63, 3.8) is 0 Å². The van der Waals surface area contributed by atoms with E-state index >= 15 is 0 Å². The molecule has 1 aromatic rings. The molecule has 1 fully saturated rings. The van der Waals surface area contributed by atoms with E-state index in [0.717, 1.165) is 41.5 Å². The van der Waals surface area contributed by atoms with Crippen LogP contribution in [0.2, 0.25) is 0 Å². The van der Waals surface area contributed by atoms with Crippen LogP contribution in [0.3, 0.4) is 0 Å². The van der Waals surface area contributed by atoms with E-state index in [0.29, 0.717) is 0 Å². The molecule has 6 heteroatoms. The summed E-state index contributed by atoms with van der Waals surface area (Å²) in [5, 5.41) is 5.91. The summed E-state index contributed by atoms with van der Waals surface area (Å²) in [6, 6.07) is 5.80. The van der Waals surface area contributed by atoms with E-state index in [-0.39, 0.29) is 11.9 Å². The van der Waals surface area contributed by atoms with E-state index in [4.69, 9.17) is 0 Å². The van der Waals surface area contributed by atoms with Crippen molar-refractivity contribution in [2.75, 3.05) is 41.9 Å². The largest absolute Gasteiger partial charge is 0.370 e. The van der Waals surface area contributed by atoms with Crippen LogP contribution < -0.4 is 15.5 Å². The van der Waals surface area contributed by atoms with Gasteiger partial charge in [-0.3, -0.25) is 9.00 Å². The summed E-state index contributed by atoms with van der Waals surface area (Å²) >= 11 is 0. The average molecular weight is 279 g/mol. The smallest absolute Gasteiger partial charge is 0.246 e. The van der Waals surface area contributed by atoms with Crippen molar-refractivity contribution < 1.29 is 9.00 Å². The third-order valence-corrected chi connectivity index (χ3v) is 4.98. The van der Waals surface area contributed by atoms with Crippen molar-refractivity contribution in [2.45, 2.75) is 6.04 Å². The van der Waals surface area contributed by atoms with Crippen molar-refractivity contribution >= 4 is 28.1 Å². The zero-order chi connectivity index (χ0) is 13.4. The molecule has 1 aromatic carbocycles. The molecule has 102 valence electrons. The van der Waals surface area contributed by atoms with Crippen LogP contribution in [-0.2, 0) is 15.6 Å². The van der Waals surface area contributed by atoms with Crippen molar-refractivity contribution in [1.29, 1.82) is 0 Å². The van der Waals surface area contributed by atoms with Crippen molar-refractivity contribution in [2.24, 2.45) is 0 Å². The maximum Gasteiger partial charge on any atom is 0.246 e. The summed E-state index contributed by atoms with van der Waals surface area (Å²) < 4.78 is 11.4. The van der Waals surface area contributed by atoms with Gasteiger partial charge in [0.15, 0.2) is 0 Å². The van der Waals surface area contributed by atoms with Crippen LogP contribution in [0.5, 0.6) is 0 Å². The number of rotatable bonds is 2. The van der Waals surface area contributed by atoms with Crippen LogP contribution in [0.25, 0.3) is 0 Å². The average Bonchev–Trinajstić information content (AvgIpc) is 2.73. The van der Waals surface area contributed by atoms with Crippen LogP contribution in [0.1, 0.15) is 11.6 Å². The van der Waals surface area contributed by atoms with Gasteiger partial charge in [0.1, 0.15) is 6.04 Å². The van der Waals surface area contributed by atoms with E-state index in [1.165, 1.54) is 0 Å². The van der Waals surface area contributed by atoms with Crippen LogP contribution >= 0.6 is 0 Å². The first-order valence-electron chi connectivity index (χ1n) is 6.41. The van der Waals surface area contributed by atoms with E-state index in [9.17, 15) is 9.00 Å². The maximum atomic E-state index is 11.8. The third kappa shape index (κ3) is 2.26. The fraction of sp³-hybridized carbons (Fsp3) is 0.462. The summed E-state index contributed by atoms with van der Waals surface area (Å²) in [4.78, 5) is 14.0. The highest BCUT2D eigenvalue weighted by Crippen LogP contribution is 2.34. The zero-order valence-corrected chi connectivity index (χ0v) is 11.6. The Labute approximate surface area is 114 Å². The second-order valence-electron chi connectivity index (χ2n) is 4.82. The Morgan fingerprint density at radius 3 is 2.79 bits per heavy atom. The number of anilines is 2. The fourth-order valence-electron chi connectivity index (χ4n) is 2.63. The second kappa shape index (κ2) is 4.94. The van der Waals surface area contributed by atoms with E-state index in [1.807, 2.05) is 18.2 Å². The highest BCUT2D eigenvalue weighted by molar-refractivity contribution is 7.85. The molecule has 1 unspecified atom stereocenters. The van der Waals surface area contributed by atoms with Crippen LogP contribution in [-0.4, -0.2) is 41.8 Å². The molecule has 0 spiro atoms. The predicted octanol–water partition coefficient (Wildman–Crippen LogP) is 0.468. The first-order chi connectivity index (χ1) is 9.19. The molecule has 0 aromatic heterocycles. The first-order valence-corrected chi connectivity index (χ1v) is 7.90. The minimum atomic E-state index is -0.668. The Hall–Kier alpha value is -1.40. The number of benzene rings is 1. The standard InChI is InChI=1S/C13H17N3O2S/c1-14-12-10-3-2-9(8-11(10)15-13(12)17)16-4-6-19(18)7-5-16/h2-3,8,12,14H,4-7H2,1H3,(H,15,17). The van der Waals surface area contributed by atoms with Gasteiger partial charge in [-0.15, -0.1) is 0 Å². The van der Waals surface area contributed by atoms with Gasteiger partial charge < -0.3 is 15.5 Å². The Balaban J connectivity index is 1.85. The lowest BCUT2D eigenvalue weighted by atomic mass is 10.1. The normalized spacial score (nSPS) is 23.3. The van der Waals surface area contributed by atoms with Gasteiger partial charge in [-0.05, 0) is 19.2 Å². The molecular formula is C13H17N3O2S.